The van der Waals surface area contributed by atoms with Gasteiger partial charge in [0.05, 0.1) is 12.7 Å². The second-order valence-electron chi connectivity index (χ2n) is 9.43. The maximum Gasteiger partial charge on any atom is 0.257 e. The molecule has 1 aliphatic heterocycles. The highest BCUT2D eigenvalue weighted by molar-refractivity contribution is 6.08. The van der Waals surface area contributed by atoms with Crippen molar-refractivity contribution in [2.75, 3.05) is 31.2 Å². The number of methoxy groups -OCH3 is 1. The topological polar surface area (TPSA) is 67.6 Å². The van der Waals surface area contributed by atoms with E-state index in [9.17, 15) is 4.79 Å². The van der Waals surface area contributed by atoms with Crippen molar-refractivity contribution in [3.05, 3.63) is 77.4 Å². The Morgan fingerprint density at radius 3 is 2.44 bits per heavy atom. The lowest BCUT2D eigenvalue weighted by molar-refractivity contribution is 0.102. The summed E-state index contributed by atoms with van der Waals surface area (Å²) in [6.07, 6.45) is 2.17. The second-order valence-corrected chi connectivity index (χ2v) is 9.43. The molecule has 0 aliphatic carbocycles. The molecule has 0 aromatic heterocycles. The molecule has 0 spiro atoms. The summed E-state index contributed by atoms with van der Waals surface area (Å²) in [5.74, 6) is 1.09. The number of anilines is 2. The molecule has 4 rings (SSSR count). The Hall–Kier alpha value is -3.31. The van der Waals surface area contributed by atoms with Crippen LogP contribution in [0, 0.1) is 6.92 Å². The van der Waals surface area contributed by atoms with Gasteiger partial charge in [-0.3, -0.25) is 4.79 Å². The largest absolute Gasteiger partial charge is 0.496 e. The van der Waals surface area contributed by atoms with Crippen LogP contribution in [0.4, 0.5) is 11.4 Å². The predicted octanol–water partition coefficient (Wildman–Crippen LogP) is 6.09. The fraction of sp³-hybridized carbons (Fsp3) is 0.345. The number of amides is 1. The molecule has 1 aliphatic rings. The van der Waals surface area contributed by atoms with Crippen LogP contribution in [0.25, 0.3) is 11.1 Å². The Morgan fingerprint density at radius 1 is 1.06 bits per heavy atom. The number of carbonyl (C=O) groups excluding carboxylic acids is 1. The molecule has 3 aromatic rings. The van der Waals surface area contributed by atoms with E-state index in [0.717, 1.165) is 54.1 Å². The molecular weight excluding hydrogens is 422 g/mol. The third kappa shape index (κ3) is 5.10. The van der Waals surface area contributed by atoms with Crippen molar-refractivity contribution in [2.24, 2.45) is 0 Å². The molecule has 34 heavy (non-hydrogen) atoms. The zero-order valence-electron chi connectivity index (χ0n) is 20.6. The number of nitrogens with one attached hydrogen (secondary N) is 1. The number of hydrogen-bond acceptors (Lipinski definition) is 4. The van der Waals surface area contributed by atoms with Crippen molar-refractivity contribution in [3.8, 4) is 16.9 Å². The molecule has 0 radical (unpaired) electrons. The van der Waals surface area contributed by atoms with E-state index in [-0.39, 0.29) is 5.91 Å². The Morgan fingerprint density at radius 2 is 1.79 bits per heavy atom. The van der Waals surface area contributed by atoms with Crippen LogP contribution in [-0.4, -0.2) is 37.0 Å². The number of likely N-dealkylation sites (tertiary alicyclic amines) is 1. The highest BCUT2D eigenvalue weighted by atomic mass is 16.5. The molecule has 178 valence electrons. The van der Waals surface area contributed by atoms with E-state index in [4.69, 9.17) is 10.5 Å². The standard InChI is InChI=1S/C29H35N3O2/c1-19(2)32-15-13-21(14-16-32)26-18-23(10-12-28(26)34-4)31-29(33)25-11-9-22(17-27(25)30)24-8-6-5-7-20(24)3/h5-12,17-19,21H,13-16,30H2,1-4H3,(H,31,33). The smallest absolute Gasteiger partial charge is 0.257 e. The molecule has 0 unspecified atom stereocenters. The number of ether oxygens (including phenoxy) is 1. The quantitative estimate of drug-likeness (QED) is 0.439. The Balaban J connectivity index is 1.52. The molecule has 0 bridgehead atoms. The molecule has 3 aromatic carbocycles. The van der Waals surface area contributed by atoms with Gasteiger partial charge >= 0.3 is 0 Å². The molecule has 0 atom stereocenters. The Kier molecular flexibility index (Phi) is 7.23. The number of rotatable bonds is 6. The summed E-state index contributed by atoms with van der Waals surface area (Å²) in [6, 6.07) is 20.3. The van der Waals surface area contributed by atoms with Crippen molar-refractivity contribution in [2.45, 2.75) is 45.6 Å². The number of benzene rings is 3. The van der Waals surface area contributed by atoms with E-state index in [1.165, 1.54) is 5.56 Å². The third-order valence-corrected chi connectivity index (χ3v) is 6.94. The van der Waals surface area contributed by atoms with Crippen molar-refractivity contribution in [1.82, 2.24) is 4.90 Å². The van der Waals surface area contributed by atoms with E-state index in [2.05, 4.69) is 49.2 Å². The van der Waals surface area contributed by atoms with E-state index in [0.29, 0.717) is 23.2 Å². The number of hydrogen-bond donors (Lipinski definition) is 2. The first-order valence-corrected chi connectivity index (χ1v) is 12.1. The minimum absolute atomic E-state index is 0.209. The molecule has 1 fully saturated rings. The first-order valence-electron chi connectivity index (χ1n) is 12.1. The minimum Gasteiger partial charge on any atom is -0.496 e. The Bertz CT molecular complexity index is 1160. The van der Waals surface area contributed by atoms with Crippen molar-refractivity contribution >= 4 is 17.3 Å². The molecule has 5 heteroatoms. The molecule has 1 heterocycles. The number of aryl methyl sites for hydroxylation is 1. The van der Waals surface area contributed by atoms with E-state index in [1.807, 2.05) is 36.4 Å². The van der Waals surface area contributed by atoms with Gasteiger partial charge < -0.3 is 20.7 Å². The van der Waals surface area contributed by atoms with Crippen LogP contribution in [0.5, 0.6) is 5.75 Å². The predicted molar refractivity (Wildman–Crippen MR) is 141 cm³/mol. The van der Waals surface area contributed by atoms with E-state index >= 15 is 0 Å². The second kappa shape index (κ2) is 10.3. The van der Waals surface area contributed by atoms with Gasteiger partial charge in [-0.25, -0.2) is 0 Å². The first kappa shape index (κ1) is 23.8. The van der Waals surface area contributed by atoms with E-state index in [1.54, 1.807) is 13.2 Å². The molecule has 5 nitrogen and oxygen atoms in total. The van der Waals surface area contributed by atoms with Crippen LogP contribution in [0.1, 0.15) is 54.1 Å². The van der Waals surface area contributed by atoms with Crippen molar-refractivity contribution in [1.29, 1.82) is 0 Å². The third-order valence-electron chi connectivity index (χ3n) is 6.94. The lowest BCUT2D eigenvalue weighted by Gasteiger charge is -2.35. The van der Waals surface area contributed by atoms with Crippen molar-refractivity contribution < 1.29 is 9.53 Å². The molecule has 1 amide bonds. The molecule has 1 saturated heterocycles. The fourth-order valence-electron chi connectivity index (χ4n) is 4.89. The maximum atomic E-state index is 13.1. The average molecular weight is 458 g/mol. The van der Waals surface area contributed by atoms with Crippen molar-refractivity contribution in [3.63, 3.8) is 0 Å². The van der Waals surface area contributed by atoms with Gasteiger partial charge in [0.1, 0.15) is 5.75 Å². The number of nitrogens with two attached hydrogens (primary N) is 1. The van der Waals surface area contributed by atoms with Crippen LogP contribution >= 0.6 is 0 Å². The van der Waals surface area contributed by atoms with Crippen LogP contribution in [0.3, 0.4) is 0 Å². The normalized spacial score (nSPS) is 14.9. The lowest BCUT2D eigenvalue weighted by atomic mass is 9.88. The summed E-state index contributed by atoms with van der Waals surface area (Å²) < 4.78 is 5.66. The van der Waals surface area contributed by atoms with Crippen LogP contribution in [-0.2, 0) is 0 Å². The zero-order chi connectivity index (χ0) is 24.2. The summed E-state index contributed by atoms with van der Waals surface area (Å²) in [5.41, 5.74) is 12.5. The molecule has 0 saturated carbocycles. The monoisotopic (exact) mass is 457 g/mol. The van der Waals surface area contributed by atoms with Gasteiger partial charge in [-0.05, 0) is 105 Å². The number of piperidine rings is 1. The van der Waals surface area contributed by atoms with Crippen LogP contribution < -0.4 is 15.8 Å². The summed E-state index contributed by atoms with van der Waals surface area (Å²) in [4.78, 5) is 15.6. The van der Waals surface area contributed by atoms with Gasteiger partial charge in [0.25, 0.3) is 5.91 Å². The SMILES string of the molecule is COc1ccc(NC(=O)c2ccc(-c3ccccc3C)cc2N)cc1C1CCN(C(C)C)CC1. The summed E-state index contributed by atoms with van der Waals surface area (Å²) in [7, 11) is 1.71. The van der Waals surface area contributed by atoms with Gasteiger partial charge in [-0.1, -0.05) is 30.3 Å². The lowest BCUT2D eigenvalue weighted by Crippen LogP contribution is -2.37. The first-order chi connectivity index (χ1) is 16.4. The van der Waals surface area contributed by atoms with Gasteiger partial charge in [-0.2, -0.15) is 0 Å². The maximum absolute atomic E-state index is 13.1. The van der Waals surface area contributed by atoms with Gasteiger partial charge in [0.15, 0.2) is 0 Å². The van der Waals surface area contributed by atoms with Crippen LogP contribution in [0.15, 0.2) is 60.7 Å². The minimum atomic E-state index is -0.209. The fourth-order valence-corrected chi connectivity index (χ4v) is 4.89. The summed E-state index contributed by atoms with van der Waals surface area (Å²) >= 11 is 0. The molecule has 3 N–H and O–H groups in total. The summed E-state index contributed by atoms with van der Waals surface area (Å²) in [6.45, 7) is 8.71. The molecular formula is C29H35N3O2. The average Bonchev–Trinajstić information content (AvgIpc) is 2.84. The summed E-state index contributed by atoms with van der Waals surface area (Å²) in [5, 5.41) is 3.04. The number of carbonyl (C=O) groups is 1. The Labute approximate surface area is 202 Å². The van der Waals surface area contributed by atoms with Gasteiger partial charge in [-0.15, -0.1) is 0 Å². The highest BCUT2D eigenvalue weighted by Gasteiger charge is 2.25. The zero-order valence-corrected chi connectivity index (χ0v) is 20.6. The van der Waals surface area contributed by atoms with Gasteiger partial charge in [0, 0.05) is 17.4 Å². The van der Waals surface area contributed by atoms with E-state index < -0.39 is 0 Å². The van der Waals surface area contributed by atoms with Crippen LogP contribution in [0.2, 0.25) is 0 Å². The number of nitrogen functional groups attached to an aromatic ring is 1. The number of nitrogens with zero attached hydrogens (tertiary/aromatic N) is 1. The highest BCUT2D eigenvalue weighted by Crippen LogP contribution is 2.36. The van der Waals surface area contributed by atoms with Gasteiger partial charge in [0.2, 0.25) is 0 Å².